The molecule has 0 aliphatic heterocycles. The van der Waals surface area contributed by atoms with Gasteiger partial charge in [0.25, 0.3) is 0 Å². The van der Waals surface area contributed by atoms with Crippen molar-refractivity contribution in [2.45, 2.75) is 50.6 Å². The predicted octanol–water partition coefficient (Wildman–Crippen LogP) is 4.26. The molecule has 0 atom stereocenters. The van der Waals surface area contributed by atoms with Crippen LogP contribution in [0.1, 0.15) is 37.9 Å². The molecule has 3 nitrogen and oxygen atoms in total. The summed E-state index contributed by atoms with van der Waals surface area (Å²) in [5.74, 6) is 0.816. The molecule has 114 valence electrons. The second kappa shape index (κ2) is 6.75. The Hall–Kier alpha value is -1.13. The van der Waals surface area contributed by atoms with Gasteiger partial charge in [0, 0.05) is 12.6 Å². The first-order valence-corrected chi connectivity index (χ1v) is 8.13. The molecule has 0 N–H and O–H groups in total. The van der Waals surface area contributed by atoms with Crippen LogP contribution in [0, 0.1) is 5.82 Å². The lowest BCUT2D eigenvalue weighted by Gasteiger charge is -2.22. The van der Waals surface area contributed by atoms with Crippen LogP contribution in [0.5, 0.6) is 0 Å². The van der Waals surface area contributed by atoms with E-state index in [2.05, 4.69) is 4.98 Å². The van der Waals surface area contributed by atoms with E-state index in [1.807, 2.05) is 4.57 Å². The monoisotopic (exact) mass is 310 g/mol. The van der Waals surface area contributed by atoms with Crippen molar-refractivity contribution in [2.75, 3.05) is 6.61 Å². The summed E-state index contributed by atoms with van der Waals surface area (Å²) in [6.07, 6.45) is 6.59. The fourth-order valence-electron chi connectivity index (χ4n) is 3.05. The summed E-state index contributed by atoms with van der Waals surface area (Å²) in [6.45, 7) is 1.36. The SMILES string of the molecule is Fc1ccc2c(c1)nc(CCl)n2CCOC1CCCCC1. The maximum atomic E-state index is 13.3. The average molecular weight is 311 g/mol. The summed E-state index contributed by atoms with van der Waals surface area (Å²) in [5.41, 5.74) is 1.57. The van der Waals surface area contributed by atoms with Crippen LogP contribution < -0.4 is 0 Å². The molecular formula is C16H20ClFN2O. The zero-order valence-electron chi connectivity index (χ0n) is 12.0. The molecule has 1 fully saturated rings. The quantitative estimate of drug-likeness (QED) is 0.771. The van der Waals surface area contributed by atoms with Crippen molar-refractivity contribution in [3.05, 3.63) is 29.8 Å². The molecule has 1 heterocycles. The van der Waals surface area contributed by atoms with Gasteiger partial charge in [0.1, 0.15) is 11.6 Å². The first-order chi connectivity index (χ1) is 10.3. The average Bonchev–Trinajstić information content (AvgIpc) is 2.85. The standard InChI is InChI=1S/C16H20ClFN2O/c17-11-16-19-14-10-12(18)6-7-15(14)20(16)8-9-21-13-4-2-1-3-5-13/h6-7,10,13H,1-5,8-9,11H2. The summed E-state index contributed by atoms with van der Waals surface area (Å²) in [6, 6.07) is 4.67. The molecule has 1 saturated carbocycles. The minimum atomic E-state index is -0.272. The highest BCUT2D eigenvalue weighted by molar-refractivity contribution is 6.16. The number of ether oxygens (including phenoxy) is 1. The summed E-state index contributed by atoms with van der Waals surface area (Å²) >= 11 is 5.95. The van der Waals surface area contributed by atoms with Crippen LogP contribution in [0.25, 0.3) is 11.0 Å². The number of aromatic nitrogens is 2. The molecule has 0 bridgehead atoms. The molecule has 5 heteroatoms. The molecular weight excluding hydrogens is 291 g/mol. The Morgan fingerprint density at radius 1 is 1.29 bits per heavy atom. The van der Waals surface area contributed by atoms with Gasteiger partial charge < -0.3 is 9.30 Å². The van der Waals surface area contributed by atoms with E-state index < -0.39 is 0 Å². The Morgan fingerprint density at radius 2 is 2.10 bits per heavy atom. The van der Waals surface area contributed by atoms with Gasteiger partial charge in [-0.2, -0.15) is 0 Å². The van der Waals surface area contributed by atoms with Crippen molar-refractivity contribution in [3.63, 3.8) is 0 Å². The Bertz CT molecular complexity index is 608. The van der Waals surface area contributed by atoms with E-state index in [0.717, 1.165) is 24.2 Å². The van der Waals surface area contributed by atoms with Gasteiger partial charge in [0.15, 0.2) is 0 Å². The largest absolute Gasteiger partial charge is 0.376 e. The molecule has 2 aromatic rings. The fourth-order valence-corrected chi connectivity index (χ4v) is 3.25. The molecule has 1 aromatic heterocycles. The number of hydrogen-bond donors (Lipinski definition) is 0. The third-order valence-electron chi connectivity index (χ3n) is 4.13. The van der Waals surface area contributed by atoms with Gasteiger partial charge in [-0.1, -0.05) is 19.3 Å². The van der Waals surface area contributed by atoms with Crippen LogP contribution >= 0.6 is 11.6 Å². The highest BCUT2D eigenvalue weighted by Gasteiger charge is 2.15. The molecule has 0 unspecified atom stereocenters. The number of fused-ring (bicyclic) bond motifs is 1. The van der Waals surface area contributed by atoms with Gasteiger partial charge >= 0.3 is 0 Å². The molecule has 0 radical (unpaired) electrons. The van der Waals surface area contributed by atoms with Crippen molar-refractivity contribution in [1.82, 2.24) is 9.55 Å². The van der Waals surface area contributed by atoms with E-state index in [-0.39, 0.29) is 5.82 Å². The number of halogens is 2. The van der Waals surface area contributed by atoms with Gasteiger partial charge in [0.05, 0.1) is 29.6 Å². The topological polar surface area (TPSA) is 27.1 Å². The fraction of sp³-hybridized carbons (Fsp3) is 0.562. The van der Waals surface area contributed by atoms with E-state index in [4.69, 9.17) is 16.3 Å². The van der Waals surface area contributed by atoms with Crippen LogP contribution in [-0.4, -0.2) is 22.3 Å². The van der Waals surface area contributed by atoms with Gasteiger partial charge in [-0.3, -0.25) is 0 Å². The molecule has 0 spiro atoms. The molecule has 1 aliphatic carbocycles. The first kappa shape index (κ1) is 14.8. The Labute approximate surface area is 129 Å². The van der Waals surface area contributed by atoms with Gasteiger partial charge in [-0.15, -0.1) is 11.6 Å². The van der Waals surface area contributed by atoms with E-state index in [1.54, 1.807) is 6.07 Å². The predicted molar refractivity (Wildman–Crippen MR) is 82.1 cm³/mol. The van der Waals surface area contributed by atoms with Crippen LogP contribution in [0.2, 0.25) is 0 Å². The van der Waals surface area contributed by atoms with E-state index in [0.29, 0.717) is 30.7 Å². The second-order valence-corrected chi connectivity index (χ2v) is 5.84. The van der Waals surface area contributed by atoms with Crippen molar-refractivity contribution in [3.8, 4) is 0 Å². The van der Waals surface area contributed by atoms with Crippen molar-refractivity contribution >= 4 is 22.6 Å². The van der Waals surface area contributed by atoms with Crippen molar-refractivity contribution in [1.29, 1.82) is 0 Å². The van der Waals surface area contributed by atoms with Crippen LogP contribution in [0.4, 0.5) is 4.39 Å². The molecule has 1 aromatic carbocycles. The maximum absolute atomic E-state index is 13.3. The summed E-state index contributed by atoms with van der Waals surface area (Å²) in [5, 5.41) is 0. The first-order valence-electron chi connectivity index (χ1n) is 7.60. The zero-order valence-corrected chi connectivity index (χ0v) is 12.8. The van der Waals surface area contributed by atoms with Crippen LogP contribution in [0.3, 0.4) is 0 Å². The highest BCUT2D eigenvalue weighted by Crippen LogP contribution is 2.21. The second-order valence-electron chi connectivity index (χ2n) is 5.58. The highest BCUT2D eigenvalue weighted by atomic mass is 35.5. The number of benzene rings is 1. The van der Waals surface area contributed by atoms with Gasteiger partial charge in [-0.05, 0) is 25.0 Å². The Balaban J connectivity index is 1.70. The Morgan fingerprint density at radius 3 is 2.86 bits per heavy atom. The summed E-state index contributed by atoms with van der Waals surface area (Å²) in [7, 11) is 0. The van der Waals surface area contributed by atoms with Gasteiger partial charge in [0.2, 0.25) is 0 Å². The van der Waals surface area contributed by atoms with E-state index in [1.165, 1.54) is 31.4 Å². The van der Waals surface area contributed by atoms with Gasteiger partial charge in [-0.25, -0.2) is 9.37 Å². The van der Waals surface area contributed by atoms with E-state index >= 15 is 0 Å². The number of hydrogen-bond acceptors (Lipinski definition) is 2. The Kier molecular flexibility index (Phi) is 4.76. The minimum Gasteiger partial charge on any atom is -0.376 e. The lowest BCUT2D eigenvalue weighted by atomic mass is 9.98. The summed E-state index contributed by atoms with van der Waals surface area (Å²) < 4.78 is 21.3. The molecule has 0 saturated heterocycles. The van der Waals surface area contributed by atoms with Crippen LogP contribution in [-0.2, 0) is 17.2 Å². The molecule has 21 heavy (non-hydrogen) atoms. The lowest BCUT2D eigenvalue weighted by molar-refractivity contribution is 0.0242. The number of nitrogens with zero attached hydrogens (tertiary/aromatic N) is 2. The number of alkyl halides is 1. The molecule has 0 amide bonds. The van der Waals surface area contributed by atoms with E-state index in [9.17, 15) is 4.39 Å². The maximum Gasteiger partial charge on any atom is 0.125 e. The molecule has 1 aliphatic rings. The van der Waals surface area contributed by atoms with Crippen molar-refractivity contribution in [2.24, 2.45) is 0 Å². The normalized spacial score (nSPS) is 16.7. The zero-order chi connectivity index (χ0) is 14.7. The number of rotatable bonds is 5. The van der Waals surface area contributed by atoms with Crippen molar-refractivity contribution < 1.29 is 9.13 Å². The minimum absolute atomic E-state index is 0.272. The van der Waals surface area contributed by atoms with Crippen LogP contribution in [0.15, 0.2) is 18.2 Å². The third kappa shape index (κ3) is 3.38. The smallest absolute Gasteiger partial charge is 0.125 e. The summed E-state index contributed by atoms with van der Waals surface area (Å²) in [4.78, 5) is 4.39. The molecule has 3 rings (SSSR count). The third-order valence-corrected chi connectivity index (χ3v) is 4.37. The number of imidazole rings is 1. The lowest BCUT2D eigenvalue weighted by Crippen LogP contribution is -2.19.